The van der Waals surface area contributed by atoms with Crippen molar-refractivity contribution in [1.29, 1.82) is 0 Å². The summed E-state index contributed by atoms with van der Waals surface area (Å²) in [4.78, 5) is 3.49. The second kappa shape index (κ2) is 6.10. The Morgan fingerprint density at radius 1 is 1.19 bits per heavy atom. The number of fused-ring (bicyclic) bond motifs is 3. The predicted molar refractivity (Wildman–Crippen MR) is 97.3 cm³/mol. The number of aryl methyl sites for hydroxylation is 1. The smallest absolute Gasteiger partial charge is 0.243 e. The van der Waals surface area contributed by atoms with Gasteiger partial charge in [0, 0.05) is 36.1 Å². The van der Waals surface area contributed by atoms with Crippen LogP contribution in [0.25, 0.3) is 10.9 Å². The zero-order chi connectivity index (χ0) is 18.5. The van der Waals surface area contributed by atoms with Crippen molar-refractivity contribution in [3.05, 3.63) is 59.0 Å². The second-order valence-corrected chi connectivity index (χ2v) is 8.43. The van der Waals surface area contributed by atoms with Crippen LogP contribution >= 0.6 is 0 Å². The highest BCUT2D eigenvalue weighted by atomic mass is 32.2. The molecule has 0 radical (unpaired) electrons. The van der Waals surface area contributed by atoms with Gasteiger partial charge in [0.15, 0.2) is 0 Å². The SMILES string of the molecule is COc1ccc2[nH]c3c(c2c1)CN(S(=O)(=O)c1ccc(F)c(C)c1)CC3. The first kappa shape index (κ1) is 17.1. The lowest BCUT2D eigenvalue weighted by atomic mass is 10.1. The number of rotatable bonds is 3. The summed E-state index contributed by atoms with van der Waals surface area (Å²) in [5.41, 5.74) is 3.30. The largest absolute Gasteiger partial charge is 0.497 e. The van der Waals surface area contributed by atoms with Crippen molar-refractivity contribution in [3.63, 3.8) is 0 Å². The first-order chi connectivity index (χ1) is 12.4. The van der Waals surface area contributed by atoms with E-state index in [4.69, 9.17) is 4.74 Å². The van der Waals surface area contributed by atoms with Gasteiger partial charge in [-0.25, -0.2) is 12.8 Å². The van der Waals surface area contributed by atoms with E-state index in [1.54, 1.807) is 14.0 Å². The Morgan fingerprint density at radius 2 is 2.00 bits per heavy atom. The molecule has 0 bridgehead atoms. The van der Waals surface area contributed by atoms with Crippen LogP contribution in [-0.4, -0.2) is 31.4 Å². The predicted octanol–water partition coefficient (Wildman–Crippen LogP) is 3.37. The highest BCUT2D eigenvalue weighted by Gasteiger charge is 2.30. The van der Waals surface area contributed by atoms with Gasteiger partial charge in [0.05, 0.1) is 12.0 Å². The number of nitrogens with one attached hydrogen (secondary N) is 1. The minimum atomic E-state index is -3.68. The van der Waals surface area contributed by atoms with E-state index in [2.05, 4.69) is 4.98 Å². The number of hydrogen-bond acceptors (Lipinski definition) is 3. The van der Waals surface area contributed by atoms with Crippen molar-refractivity contribution in [2.45, 2.75) is 24.8 Å². The molecule has 1 aromatic heterocycles. The average molecular weight is 374 g/mol. The minimum absolute atomic E-state index is 0.122. The second-order valence-electron chi connectivity index (χ2n) is 6.49. The molecule has 26 heavy (non-hydrogen) atoms. The molecule has 0 saturated heterocycles. The number of aromatic amines is 1. The number of hydrogen-bond donors (Lipinski definition) is 1. The maximum absolute atomic E-state index is 13.5. The third-order valence-corrected chi connectivity index (χ3v) is 6.76. The molecular formula is C19H19FN2O3S. The molecule has 0 spiro atoms. The Morgan fingerprint density at radius 3 is 2.73 bits per heavy atom. The van der Waals surface area contributed by atoms with E-state index in [0.717, 1.165) is 27.9 Å². The van der Waals surface area contributed by atoms with Crippen LogP contribution in [0.4, 0.5) is 4.39 Å². The van der Waals surface area contributed by atoms with E-state index in [9.17, 15) is 12.8 Å². The first-order valence-electron chi connectivity index (χ1n) is 8.34. The fourth-order valence-electron chi connectivity index (χ4n) is 3.43. The van der Waals surface area contributed by atoms with Crippen molar-refractivity contribution in [1.82, 2.24) is 9.29 Å². The average Bonchev–Trinajstić information content (AvgIpc) is 3.00. The number of H-pyrrole nitrogens is 1. The minimum Gasteiger partial charge on any atom is -0.497 e. The number of methoxy groups -OCH3 is 1. The van der Waals surface area contributed by atoms with Crippen LogP contribution in [-0.2, 0) is 23.0 Å². The van der Waals surface area contributed by atoms with Crippen LogP contribution in [0.2, 0.25) is 0 Å². The lowest BCUT2D eigenvalue weighted by Crippen LogP contribution is -2.35. The zero-order valence-electron chi connectivity index (χ0n) is 14.5. The first-order valence-corrected chi connectivity index (χ1v) is 9.78. The monoisotopic (exact) mass is 374 g/mol. The molecule has 2 aromatic carbocycles. The van der Waals surface area contributed by atoms with Gasteiger partial charge in [0.25, 0.3) is 0 Å². The highest BCUT2D eigenvalue weighted by Crippen LogP contribution is 2.32. The Bertz CT molecular complexity index is 1110. The Kier molecular flexibility index (Phi) is 4.00. The summed E-state index contributed by atoms with van der Waals surface area (Å²) in [6.07, 6.45) is 0.603. The van der Waals surface area contributed by atoms with Crippen molar-refractivity contribution in [2.75, 3.05) is 13.7 Å². The van der Waals surface area contributed by atoms with E-state index < -0.39 is 15.8 Å². The van der Waals surface area contributed by atoms with Gasteiger partial charge >= 0.3 is 0 Å². The summed E-state index contributed by atoms with van der Waals surface area (Å²) in [6.45, 7) is 2.23. The van der Waals surface area contributed by atoms with Gasteiger partial charge in [-0.1, -0.05) is 0 Å². The molecule has 0 unspecified atom stereocenters. The quantitative estimate of drug-likeness (QED) is 0.765. The van der Waals surface area contributed by atoms with Crippen molar-refractivity contribution in [2.24, 2.45) is 0 Å². The van der Waals surface area contributed by atoms with Gasteiger partial charge < -0.3 is 9.72 Å². The van der Waals surface area contributed by atoms with Crippen molar-refractivity contribution >= 4 is 20.9 Å². The Labute approximate surface area is 151 Å². The molecule has 1 aliphatic rings. The molecular weight excluding hydrogens is 355 g/mol. The number of halogens is 1. The fourth-order valence-corrected chi connectivity index (χ4v) is 4.92. The molecule has 1 N–H and O–H groups in total. The third kappa shape index (κ3) is 2.68. The lowest BCUT2D eigenvalue weighted by Gasteiger charge is -2.26. The Hall–Kier alpha value is -2.38. The van der Waals surface area contributed by atoms with Crippen molar-refractivity contribution < 1.29 is 17.5 Å². The van der Waals surface area contributed by atoms with Crippen molar-refractivity contribution in [3.8, 4) is 5.75 Å². The number of aromatic nitrogens is 1. The summed E-state index contributed by atoms with van der Waals surface area (Å²) in [5.74, 6) is 0.321. The van der Waals surface area contributed by atoms with E-state index in [1.165, 1.54) is 22.5 Å². The van der Waals surface area contributed by atoms with Crippen LogP contribution in [0.5, 0.6) is 5.75 Å². The van der Waals surface area contributed by atoms with Crippen LogP contribution in [0, 0.1) is 12.7 Å². The molecule has 136 valence electrons. The van der Waals surface area contributed by atoms with Gasteiger partial charge in [0.1, 0.15) is 11.6 Å². The number of sulfonamides is 1. The van der Waals surface area contributed by atoms with E-state index >= 15 is 0 Å². The Balaban J connectivity index is 1.74. The lowest BCUT2D eigenvalue weighted by molar-refractivity contribution is 0.391. The summed E-state index contributed by atoms with van der Waals surface area (Å²) in [7, 11) is -2.08. The molecule has 0 fully saturated rings. The number of ether oxygens (including phenoxy) is 1. The van der Waals surface area contributed by atoms with Gasteiger partial charge in [0.2, 0.25) is 10.0 Å². The van der Waals surface area contributed by atoms with Gasteiger partial charge in [-0.15, -0.1) is 0 Å². The zero-order valence-corrected chi connectivity index (χ0v) is 15.4. The van der Waals surface area contributed by atoms with Crippen LogP contribution in [0.15, 0.2) is 41.3 Å². The topological polar surface area (TPSA) is 62.4 Å². The molecule has 3 aromatic rings. The van der Waals surface area contributed by atoms with Crippen LogP contribution in [0.3, 0.4) is 0 Å². The molecule has 4 rings (SSSR count). The molecule has 0 saturated carbocycles. The van der Waals surface area contributed by atoms with E-state index in [1.807, 2.05) is 18.2 Å². The highest BCUT2D eigenvalue weighted by molar-refractivity contribution is 7.89. The van der Waals surface area contributed by atoms with E-state index in [-0.39, 0.29) is 11.4 Å². The third-order valence-electron chi connectivity index (χ3n) is 4.91. The number of benzene rings is 2. The maximum atomic E-state index is 13.5. The normalized spacial score (nSPS) is 15.2. The molecule has 0 amide bonds. The molecule has 2 heterocycles. The fraction of sp³-hybridized carbons (Fsp3) is 0.263. The number of nitrogens with zero attached hydrogens (tertiary/aromatic N) is 1. The molecule has 7 heteroatoms. The summed E-state index contributed by atoms with van der Waals surface area (Å²) >= 11 is 0. The van der Waals surface area contributed by atoms with E-state index in [0.29, 0.717) is 18.5 Å². The molecule has 1 aliphatic heterocycles. The van der Waals surface area contributed by atoms with Gasteiger partial charge in [-0.3, -0.25) is 0 Å². The van der Waals surface area contributed by atoms with Crippen LogP contribution in [0.1, 0.15) is 16.8 Å². The maximum Gasteiger partial charge on any atom is 0.243 e. The standard InChI is InChI=1S/C19H19FN2O3S/c1-12-9-14(4-5-17(12)20)26(23,24)22-8-7-19-16(11-22)15-10-13(25-2)3-6-18(15)21-19/h3-6,9-10,21H,7-8,11H2,1-2H3. The summed E-state index contributed by atoms with van der Waals surface area (Å²) in [5, 5.41) is 0.967. The molecule has 0 aliphatic carbocycles. The molecule has 5 nitrogen and oxygen atoms in total. The van der Waals surface area contributed by atoms with Gasteiger partial charge in [-0.2, -0.15) is 4.31 Å². The van der Waals surface area contributed by atoms with Gasteiger partial charge in [-0.05, 0) is 54.4 Å². The van der Waals surface area contributed by atoms with Crippen LogP contribution < -0.4 is 4.74 Å². The summed E-state index contributed by atoms with van der Waals surface area (Å²) < 4.78 is 46.3. The molecule has 0 atom stereocenters. The summed E-state index contributed by atoms with van der Waals surface area (Å²) in [6, 6.07) is 9.65.